The number of rotatable bonds is 6. The fourth-order valence-corrected chi connectivity index (χ4v) is 2.82. The molecule has 0 unspecified atom stereocenters. The summed E-state index contributed by atoms with van der Waals surface area (Å²) in [6.07, 6.45) is 4.01. The van der Waals surface area contributed by atoms with Gasteiger partial charge in [0.05, 0.1) is 0 Å². The average Bonchev–Trinajstić information content (AvgIpc) is 2.65. The summed E-state index contributed by atoms with van der Waals surface area (Å²) in [5, 5.41) is 0. The number of aryl methyl sites for hydroxylation is 2. The van der Waals surface area contributed by atoms with E-state index >= 15 is 0 Å². The third-order valence-corrected chi connectivity index (χ3v) is 4.79. The highest BCUT2D eigenvalue weighted by Gasteiger charge is 2.10. The van der Waals surface area contributed by atoms with Crippen LogP contribution < -0.4 is 4.74 Å². The van der Waals surface area contributed by atoms with Crippen LogP contribution in [0.2, 0.25) is 0 Å². The van der Waals surface area contributed by atoms with E-state index in [1.165, 1.54) is 11.1 Å². The minimum Gasteiger partial charge on any atom is -0.489 e. The molecule has 0 N–H and O–H groups in total. The second-order valence-corrected chi connectivity index (χ2v) is 6.57. The molecule has 0 amide bonds. The van der Waals surface area contributed by atoms with Crippen molar-refractivity contribution in [1.29, 1.82) is 0 Å². The number of carbonyl (C=O) groups is 1. The zero-order valence-corrected chi connectivity index (χ0v) is 15.5. The van der Waals surface area contributed by atoms with Crippen LogP contribution in [-0.2, 0) is 13.0 Å². The van der Waals surface area contributed by atoms with Crippen LogP contribution in [0.25, 0.3) is 0 Å². The van der Waals surface area contributed by atoms with Gasteiger partial charge >= 0.3 is 0 Å². The highest BCUT2D eigenvalue weighted by Crippen LogP contribution is 2.18. The van der Waals surface area contributed by atoms with Crippen LogP contribution in [-0.4, -0.2) is 10.8 Å². The number of aromatic nitrogens is 1. The number of benzene rings is 2. The maximum atomic E-state index is 12.6. The van der Waals surface area contributed by atoms with Crippen molar-refractivity contribution in [3.05, 3.63) is 94.3 Å². The number of Topliss-reactive ketones (excluding diaryl/α,β-unsaturated/α-hetero) is 1. The highest BCUT2D eigenvalue weighted by molar-refractivity contribution is 5.97. The van der Waals surface area contributed by atoms with Crippen molar-refractivity contribution in [2.45, 2.75) is 33.8 Å². The van der Waals surface area contributed by atoms with E-state index in [-0.39, 0.29) is 5.78 Å². The Balaban J connectivity index is 1.64. The van der Waals surface area contributed by atoms with Gasteiger partial charge < -0.3 is 4.74 Å². The van der Waals surface area contributed by atoms with Crippen LogP contribution in [0.5, 0.6) is 5.75 Å². The monoisotopic (exact) mass is 345 g/mol. The molecule has 0 radical (unpaired) electrons. The van der Waals surface area contributed by atoms with E-state index in [0.29, 0.717) is 18.6 Å². The number of ether oxygens (including phenoxy) is 1. The minimum absolute atomic E-state index is 0.119. The standard InChI is InChI=1S/C23H23NO2/c1-16-5-4-6-20(18(16)3)13-23(25)19-7-9-22(10-8-19)26-15-21-14-24-12-11-17(21)2/h4-12,14H,13,15H2,1-3H3. The molecule has 0 aliphatic heterocycles. The Morgan fingerprint density at radius 3 is 2.42 bits per heavy atom. The number of ketones is 1. The quantitative estimate of drug-likeness (QED) is 0.589. The molecule has 0 saturated carbocycles. The van der Waals surface area contributed by atoms with Crippen molar-refractivity contribution in [2.24, 2.45) is 0 Å². The second-order valence-electron chi connectivity index (χ2n) is 6.57. The minimum atomic E-state index is 0.119. The summed E-state index contributed by atoms with van der Waals surface area (Å²) >= 11 is 0. The van der Waals surface area contributed by atoms with Crippen LogP contribution in [0.3, 0.4) is 0 Å². The van der Waals surface area contributed by atoms with E-state index in [1.807, 2.05) is 55.6 Å². The average molecular weight is 345 g/mol. The zero-order chi connectivity index (χ0) is 18.5. The molecule has 0 aliphatic rings. The SMILES string of the molecule is Cc1ccncc1COc1ccc(C(=O)Cc2cccc(C)c2C)cc1. The van der Waals surface area contributed by atoms with Gasteiger partial charge in [-0.15, -0.1) is 0 Å². The summed E-state index contributed by atoms with van der Waals surface area (Å²) in [5.41, 5.74) is 6.40. The summed E-state index contributed by atoms with van der Waals surface area (Å²) in [6.45, 7) is 6.64. The lowest BCUT2D eigenvalue weighted by Crippen LogP contribution is -2.05. The van der Waals surface area contributed by atoms with Crippen molar-refractivity contribution in [1.82, 2.24) is 4.98 Å². The van der Waals surface area contributed by atoms with Crippen LogP contribution >= 0.6 is 0 Å². The van der Waals surface area contributed by atoms with Crippen LogP contribution in [0.15, 0.2) is 60.9 Å². The summed E-state index contributed by atoms with van der Waals surface area (Å²) in [5.74, 6) is 0.866. The van der Waals surface area contributed by atoms with E-state index in [9.17, 15) is 4.79 Å². The molecule has 2 aromatic carbocycles. The van der Waals surface area contributed by atoms with Gasteiger partial charge in [0, 0.05) is 29.9 Å². The van der Waals surface area contributed by atoms with Gasteiger partial charge in [0.15, 0.2) is 5.78 Å². The molecule has 26 heavy (non-hydrogen) atoms. The third-order valence-electron chi connectivity index (χ3n) is 4.79. The maximum absolute atomic E-state index is 12.6. The summed E-state index contributed by atoms with van der Waals surface area (Å²) < 4.78 is 5.81. The number of hydrogen-bond donors (Lipinski definition) is 0. The smallest absolute Gasteiger partial charge is 0.167 e. The summed E-state index contributed by atoms with van der Waals surface area (Å²) in [4.78, 5) is 16.7. The molecule has 0 fully saturated rings. The second kappa shape index (κ2) is 7.96. The highest BCUT2D eigenvalue weighted by atomic mass is 16.5. The van der Waals surface area contributed by atoms with Gasteiger partial charge in [-0.2, -0.15) is 0 Å². The fraction of sp³-hybridized carbons (Fsp3) is 0.217. The lowest BCUT2D eigenvalue weighted by atomic mass is 9.97. The van der Waals surface area contributed by atoms with Crippen molar-refractivity contribution in [2.75, 3.05) is 0 Å². The van der Waals surface area contributed by atoms with E-state index in [1.54, 1.807) is 6.20 Å². The van der Waals surface area contributed by atoms with Crippen molar-refractivity contribution >= 4 is 5.78 Å². The van der Waals surface area contributed by atoms with Gasteiger partial charge in [-0.3, -0.25) is 9.78 Å². The summed E-state index contributed by atoms with van der Waals surface area (Å²) in [7, 11) is 0. The Labute approximate surface area is 154 Å². The molecule has 132 valence electrons. The van der Waals surface area contributed by atoms with E-state index in [4.69, 9.17) is 4.74 Å². The number of hydrogen-bond acceptors (Lipinski definition) is 3. The molecule has 0 spiro atoms. The Morgan fingerprint density at radius 1 is 0.923 bits per heavy atom. The molecular weight excluding hydrogens is 322 g/mol. The Bertz CT molecular complexity index is 914. The molecule has 0 saturated heterocycles. The molecule has 3 heteroatoms. The normalized spacial score (nSPS) is 10.6. The molecule has 1 heterocycles. The van der Waals surface area contributed by atoms with E-state index < -0.39 is 0 Å². The third kappa shape index (κ3) is 4.17. The largest absolute Gasteiger partial charge is 0.489 e. The lowest BCUT2D eigenvalue weighted by Gasteiger charge is -2.10. The van der Waals surface area contributed by atoms with Crippen molar-refractivity contribution in [3.63, 3.8) is 0 Å². The first-order valence-corrected chi connectivity index (χ1v) is 8.75. The van der Waals surface area contributed by atoms with Gasteiger partial charge in [0.2, 0.25) is 0 Å². The maximum Gasteiger partial charge on any atom is 0.167 e. The van der Waals surface area contributed by atoms with Crippen LogP contribution in [0.4, 0.5) is 0 Å². The number of carbonyl (C=O) groups excluding carboxylic acids is 1. The van der Waals surface area contributed by atoms with Gasteiger partial charge in [-0.25, -0.2) is 0 Å². The Morgan fingerprint density at radius 2 is 1.69 bits per heavy atom. The Hall–Kier alpha value is -2.94. The predicted molar refractivity (Wildman–Crippen MR) is 104 cm³/mol. The van der Waals surface area contributed by atoms with Crippen molar-refractivity contribution < 1.29 is 9.53 Å². The Kier molecular flexibility index (Phi) is 5.47. The molecule has 3 rings (SSSR count). The molecular formula is C23H23NO2. The lowest BCUT2D eigenvalue weighted by molar-refractivity contribution is 0.0992. The first kappa shape index (κ1) is 17.9. The molecule has 0 bridgehead atoms. The van der Waals surface area contributed by atoms with Crippen LogP contribution in [0, 0.1) is 20.8 Å². The van der Waals surface area contributed by atoms with Gasteiger partial charge in [-0.05, 0) is 73.4 Å². The molecule has 1 aromatic heterocycles. The van der Waals surface area contributed by atoms with Gasteiger partial charge in [0.1, 0.15) is 12.4 Å². The molecule has 3 nitrogen and oxygen atoms in total. The number of pyridine rings is 1. The molecule has 0 aliphatic carbocycles. The van der Waals surface area contributed by atoms with Crippen LogP contribution in [0.1, 0.15) is 38.2 Å². The van der Waals surface area contributed by atoms with Crippen molar-refractivity contribution in [3.8, 4) is 5.75 Å². The fourth-order valence-electron chi connectivity index (χ4n) is 2.82. The number of nitrogens with zero attached hydrogens (tertiary/aromatic N) is 1. The van der Waals surface area contributed by atoms with E-state index in [2.05, 4.69) is 24.9 Å². The topological polar surface area (TPSA) is 39.2 Å². The first-order chi connectivity index (χ1) is 12.5. The van der Waals surface area contributed by atoms with Gasteiger partial charge in [0.25, 0.3) is 0 Å². The first-order valence-electron chi connectivity index (χ1n) is 8.75. The van der Waals surface area contributed by atoms with E-state index in [0.717, 1.165) is 22.4 Å². The summed E-state index contributed by atoms with van der Waals surface area (Å²) in [6, 6.07) is 15.4. The predicted octanol–water partition coefficient (Wildman–Crippen LogP) is 5.01. The molecule has 3 aromatic rings. The molecule has 0 atom stereocenters. The van der Waals surface area contributed by atoms with Gasteiger partial charge in [-0.1, -0.05) is 18.2 Å². The zero-order valence-electron chi connectivity index (χ0n) is 15.5.